The van der Waals surface area contributed by atoms with E-state index in [0.29, 0.717) is 32.3 Å². The van der Waals surface area contributed by atoms with Gasteiger partial charge in [-0.2, -0.15) is 0 Å². The Hall–Kier alpha value is -1.77. The van der Waals surface area contributed by atoms with Crippen LogP contribution in [0.2, 0.25) is 0 Å². The molecule has 0 aromatic heterocycles. The minimum absolute atomic E-state index is 0.0706. The van der Waals surface area contributed by atoms with Crippen LogP contribution in [0.5, 0.6) is 0 Å². The van der Waals surface area contributed by atoms with E-state index in [1.165, 1.54) is 18.2 Å². The molecule has 0 bridgehead atoms. The second kappa shape index (κ2) is 11.3. The van der Waals surface area contributed by atoms with Crippen LogP contribution in [0.4, 0.5) is 8.78 Å². The Labute approximate surface area is 166 Å². The molecule has 0 amide bonds. The first-order chi connectivity index (χ1) is 13.5. The quantitative estimate of drug-likeness (QED) is 0.392. The van der Waals surface area contributed by atoms with E-state index in [9.17, 15) is 8.78 Å². The molecule has 2 unspecified atom stereocenters. The molecular weight excluding hydrogens is 366 g/mol. The highest BCUT2D eigenvalue weighted by Gasteiger charge is 2.27. The molecular formula is C20H32F2N4O2. The zero-order valence-corrected chi connectivity index (χ0v) is 17.3. The van der Waals surface area contributed by atoms with Gasteiger partial charge in [0.1, 0.15) is 11.6 Å². The van der Waals surface area contributed by atoms with E-state index in [4.69, 9.17) is 9.47 Å². The van der Waals surface area contributed by atoms with Gasteiger partial charge in [0, 0.05) is 45.3 Å². The number of hydrogen-bond acceptors (Lipinski definition) is 4. The lowest BCUT2D eigenvalue weighted by molar-refractivity contribution is 0.0536. The van der Waals surface area contributed by atoms with Crippen molar-refractivity contribution in [3.63, 3.8) is 0 Å². The van der Waals surface area contributed by atoms with Crippen LogP contribution < -0.4 is 5.32 Å². The highest BCUT2D eigenvalue weighted by Crippen LogP contribution is 2.24. The normalized spacial score (nSPS) is 18.8. The molecule has 0 radical (unpaired) electrons. The molecule has 6 nitrogen and oxygen atoms in total. The van der Waals surface area contributed by atoms with Crippen molar-refractivity contribution in [2.75, 3.05) is 67.7 Å². The van der Waals surface area contributed by atoms with Crippen molar-refractivity contribution in [2.45, 2.75) is 12.5 Å². The van der Waals surface area contributed by atoms with Crippen LogP contribution in [0.1, 0.15) is 18.0 Å². The Morgan fingerprint density at radius 3 is 2.64 bits per heavy atom. The summed E-state index contributed by atoms with van der Waals surface area (Å²) in [5.41, 5.74) is 0.0706. The summed E-state index contributed by atoms with van der Waals surface area (Å²) in [5.74, 6) is 0.0990. The summed E-state index contributed by atoms with van der Waals surface area (Å²) in [6.45, 7) is 3.95. The molecule has 2 rings (SSSR count). The van der Waals surface area contributed by atoms with Crippen molar-refractivity contribution in [2.24, 2.45) is 10.9 Å². The highest BCUT2D eigenvalue weighted by molar-refractivity contribution is 5.80. The lowest BCUT2D eigenvalue weighted by Crippen LogP contribution is -2.44. The topological polar surface area (TPSA) is 49.3 Å². The lowest BCUT2D eigenvalue weighted by Gasteiger charge is -2.28. The largest absolute Gasteiger partial charge is 0.382 e. The summed E-state index contributed by atoms with van der Waals surface area (Å²) in [6, 6.07) is 3.51. The van der Waals surface area contributed by atoms with Crippen molar-refractivity contribution in [3.8, 4) is 0 Å². The molecule has 1 N–H and O–H groups in total. The van der Waals surface area contributed by atoms with Gasteiger partial charge in [0.25, 0.3) is 0 Å². The number of halogens is 2. The van der Waals surface area contributed by atoms with Gasteiger partial charge >= 0.3 is 0 Å². The van der Waals surface area contributed by atoms with E-state index in [1.54, 1.807) is 19.1 Å². The van der Waals surface area contributed by atoms with Crippen LogP contribution in [0.25, 0.3) is 0 Å². The Morgan fingerprint density at radius 1 is 1.32 bits per heavy atom. The Balaban J connectivity index is 1.93. The molecule has 1 aromatic carbocycles. The smallest absolute Gasteiger partial charge is 0.193 e. The standard InChI is InChI=1S/C20H32F2N4O2/c1-23-20(26-9-8-15(13-26)14-28-11-10-27-4)24-12-18(25(2)3)19-16(21)6-5-7-17(19)22/h5-7,15,18H,8-14H2,1-4H3,(H,23,24). The van der Waals surface area contributed by atoms with Gasteiger partial charge in [-0.3, -0.25) is 4.99 Å². The van der Waals surface area contributed by atoms with Crippen molar-refractivity contribution < 1.29 is 18.3 Å². The second-order valence-corrected chi connectivity index (χ2v) is 7.21. The van der Waals surface area contributed by atoms with E-state index in [0.717, 1.165) is 25.5 Å². The van der Waals surface area contributed by atoms with Crippen molar-refractivity contribution >= 4 is 5.96 Å². The maximum atomic E-state index is 14.2. The van der Waals surface area contributed by atoms with Gasteiger partial charge in [0.05, 0.1) is 25.9 Å². The Kier molecular flexibility index (Phi) is 9.08. The van der Waals surface area contributed by atoms with E-state index >= 15 is 0 Å². The molecule has 2 atom stereocenters. The van der Waals surface area contributed by atoms with E-state index in [2.05, 4.69) is 15.2 Å². The van der Waals surface area contributed by atoms with Gasteiger partial charge in [0.2, 0.25) is 0 Å². The van der Waals surface area contributed by atoms with Crippen LogP contribution in [0.15, 0.2) is 23.2 Å². The predicted molar refractivity (Wildman–Crippen MR) is 107 cm³/mol. The number of likely N-dealkylation sites (tertiary alicyclic amines) is 1. The first-order valence-electron chi connectivity index (χ1n) is 9.60. The first-order valence-corrected chi connectivity index (χ1v) is 9.60. The van der Waals surface area contributed by atoms with Crippen molar-refractivity contribution in [3.05, 3.63) is 35.4 Å². The molecule has 158 valence electrons. The molecule has 1 heterocycles. The first kappa shape index (κ1) is 22.5. The molecule has 1 aromatic rings. The zero-order chi connectivity index (χ0) is 20.5. The summed E-state index contributed by atoms with van der Waals surface area (Å²) < 4.78 is 39.1. The SMILES string of the molecule is CN=C(NCC(c1c(F)cccc1F)N(C)C)N1CCC(COCCOC)C1. The van der Waals surface area contributed by atoms with Gasteiger partial charge in [0.15, 0.2) is 5.96 Å². The van der Waals surface area contributed by atoms with Gasteiger partial charge < -0.3 is 24.6 Å². The molecule has 1 aliphatic heterocycles. The fourth-order valence-electron chi connectivity index (χ4n) is 3.45. The molecule has 28 heavy (non-hydrogen) atoms. The minimum atomic E-state index is -0.537. The maximum absolute atomic E-state index is 14.2. The number of nitrogens with one attached hydrogen (secondary N) is 1. The average molecular weight is 398 g/mol. The summed E-state index contributed by atoms with van der Waals surface area (Å²) in [4.78, 5) is 8.31. The van der Waals surface area contributed by atoms with E-state index in [-0.39, 0.29) is 5.56 Å². The number of benzene rings is 1. The third-order valence-corrected chi connectivity index (χ3v) is 4.99. The Morgan fingerprint density at radius 2 is 2.04 bits per heavy atom. The molecule has 0 aliphatic carbocycles. The van der Waals surface area contributed by atoms with Crippen LogP contribution in [0, 0.1) is 17.6 Å². The van der Waals surface area contributed by atoms with Crippen LogP contribution in [-0.4, -0.2) is 83.5 Å². The molecule has 1 aliphatic rings. The summed E-state index contributed by atoms with van der Waals surface area (Å²) in [5, 5.41) is 3.28. The van der Waals surface area contributed by atoms with Gasteiger partial charge in [-0.1, -0.05) is 6.07 Å². The van der Waals surface area contributed by atoms with Gasteiger partial charge in [-0.05, 0) is 32.6 Å². The Bertz CT molecular complexity index is 622. The number of nitrogens with zero attached hydrogens (tertiary/aromatic N) is 3. The average Bonchev–Trinajstić information content (AvgIpc) is 3.12. The molecule has 8 heteroatoms. The number of hydrogen-bond donors (Lipinski definition) is 1. The molecule has 0 saturated carbocycles. The number of rotatable bonds is 9. The minimum Gasteiger partial charge on any atom is -0.382 e. The van der Waals surface area contributed by atoms with E-state index < -0.39 is 17.7 Å². The van der Waals surface area contributed by atoms with Crippen molar-refractivity contribution in [1.82, 2.24) is 15.1 Å². The number of aliphatic imine (C=N–C) groups is 1. The molecule has 1 saturated heterocycles. The summed E-state index contributed by atoms with van der Waals surface area (Å²) in [6.07, 6.45) is 1.02. The lowest BCUT2D eigenvalue weighted by atomic mass is 10.0. The third-order valence-electron chi connectivity index (χ3n) is 4.99. The summed E-state index contributed by atoms with van der Waals surface area (Å²) >= 11 is 0. The van der Waals surface area contributed by atoms with Gasteiger partial charge in [-0.25, -0.2) is 8.78 Å². The molecule has 0 spiro atoms. The number of guanidine groups is 1. The maximum Gasteiger partial charge on any atom is 0.193 e. The fraction of sp³-hybridized carbons (Fsp3) is 0.650. The number of likely N-dealkylation sites (N-methyl/N-ethyl adjacent to an activating group) is 1. The van der Waals surface area contributed by atoms with Crippen LogP contribution in [-0.2, 0) is 9.47 Å². The monoisotopic (exact) mass is 398 g/mol. The highest BCUT2D eigenvalue weighted by atomic mass is 19.1. The fourth-order valence-corrected chi connectivity index (χ4v) is 3.45. The van der Waals surface area contributed by atoms with Crippen molar-refractivity contribution in [1.29, 1.82) is 0 Å². The zero-order valence-electron chi connectivity index (χ0n) is 17.3. The third kappa shape index (κ3) is 6.12. The molecule has 1 fully saturated rings. The second-order valence-electron chi connectivity index (χ2n) is 7.21. The van der Waals surface area contributed by atoms with E-state index in [1.807, 2.05) is 14.1 Å². The summed E-state index contributed by atoms with van der Waals surface area (Å²) in [7, 11) is 7.00. The van der Waals surface area contributed by atoms with Crippen LogP contribution >= 0.6 is 0 Å². The number of methoxy groups -OCH3 is 1. The van der Waals surface area contributed by atoms with Crippen LogP contribution in [0.3, 0.4) is 0 Å². The predicted octanol–water partition coefficient (Wildman–Crippen LogP) is 2.13. The van der Waals surface area contributed by atoms with Gasteiger partial charge in [-0.15, -0.1) is 0 Å². The number of ether oxygens (including phenoxy) is 2.